The lowest BCUT2D eigenvalue weighted by Crippen LogP contribution is -2.21. The molecule has 0 bridgehead atoms. The van der Waals surface area contributed by atoms with Gasteiger partial charge in [-0.2, -0.15) is 0 Å². The maximum absolute atomic E-state index is 8.15. The predicted octanol–water partition coefficient (Wildman–Crippen LogP) is 1.99. The molecule has 3 aromatic rings. The van der Waals surface area contributed by atoms with Crippen molar-refractivity contribution in [3.63, 3.8) is 0 Å². The van der Waals surface area contributed by atoms with Crippen molar-refractivity contribution in [1.82, 2.24) is 5.32 Å². The van der Waals surface area contributed by atoms with E-state index in [1.165, 1.54) is 16.7 Å². The lowest BCUT2D eigenvalue weighted by atomic mass is 9.85. The molecule has 0 aliphatic rings. The SMILES string of the molecule is C=O.Nc1ccc(C(c2ccc(N)cc2)c2ccc(N)cc2)cc1.OCCNCCO. The second-order valence-electron chi connectivity index (χ2n) is 6.63. The van der Waals surface area contributed by atoms with Gasteiger partial charge < -0.3 is 37.5 Å². The van der Waals surface area contributed by atoms with E-state index in [1.807, 2.05) is 43.2 Å². The Balaban J connectivity index is 0.000000457. The van der Waals surface area contributed by atoms with E-state index in [1.54, 1.807) is 0 Å². The smallest absolute Gasteiger partial charge is 0.106 e. The van der Waals surface area contributed by atoms with Gasteiger partial charge in [-0.15, -0.1) is 0 Å². The molecule has 0 unspecified atom stereocenters. The van der Waals surface area contributed by atoms with Gasteiger partial charge in [0.25, 0.3) is 0 Å². The van der Waals surface area contributed by atoms with Crippen molar-refractivity contribution in [1.29, 1.82) is 0 Å². The summed E-state index contributed by atoms with van der Waals surface area (Å²) in [5.74, 6) is 0.127. The molecule has 3 aromatic carbocycles. The number of carbonyl (C=O) groups excluding carboxylic acids is 1. The highest BCUT2D eigenvalue weighted by atomic mass is 16.3. The van der Waals surface area contributed by atoms with Gasteiger partial charge >= 0.3 is 0 Å². The number of hydrogen-bond donors (Lipinski definition) is 6. The fraction of sp³-hybridized carbons (Fsp3) is 0.208. The normalized spacial score (nSPS) is 9.90. The van der Waals surface area contributed by atoms with E-state index in [2.05, 4.69) is 41.7 Å². The van der Waals surface area contributed by atoms with Crippen LogP contribution >= 0.6 is 0 Å². The van der Waals surface area contributed by atoms with Crippen LogP contribution in [-0.4, -0.2) is 43.3 Å². The third kappa shape index (κ3) is 8.88. The monoisotopic (exact) mass is 424 g/mol. The molecule has 7 heteroatoms. The van der Waals surface area contributed by atoms with E-state index in [9.17, 15) is 0 Å². The summed E-state index contributed by atoms with van der Waals surface area (Å²) in [6.45, 7) is 3.42. The number of rotatable bonds is 7. The Bertz CT molecular complexity index is 741. The minimum atomic E-state index is 0.127. The minimum Gasteiger partial charge on any atom is -0.399 e. The Morgan fingerprint density at radius 1 is 0.613 bits per heavy atom. The van der Waals surface area contributed by atoms with Gasteiger partial charge in [-0.25, -0.2) is 0 Å². The third-order valence-electron chi connectivity index (χ3n) is 4.39. The van der Waals surface area contributed by atoms with Gasteiger partial charge in [-0.3, -0.25) is 0 Å². The molecule has 0 saturated carbocycles. The number of aliphatic hydroxyl groups is 2. The van der Waals surface area contributed by atoms with Crippen molar-refractivity contribution in [2.45, 2.75) is 5.92 Å². The first-order chi connectivity index (χ1) is 15.0. The molecule has 0 aliphatic carbocycles. The first kappa shape index (κ1) is 25.6. The zero-order valence-corrected chi connectivity index (χ0v) is 17.6. The average molecular weight is 425 g/mol. The Morgan fingerprint density at radius 3 is 1.10 bits per heavy atom. The molecule has 0 radical (unpaired) electrons. The van der Waals surface area contributed by atoms with Crippen molar-refractivity contribution in [2.75, 3.05) is 43.5 Å². The zero-order valence-electron chi connectivity index (χ0n) is 17.6. The molecule has 0 aromatic heterocycles. The van der Waals surface area contributed by atoms with Gasteiger partial charge in [0.15, 0.2) is 0 Å². The third-order valence-corrected chi connectivity index (χ3v) is 4.39. The van der Waals surface area contributed by atoms with E-state index in [-0.39, 0.29) is 19.1 Å². The van der Waals surface area contributed by atoms with E-state index in [0.717, 1.165) is 17.1 Å². The summed E-state index contributed by atoms with van der Waals surface area (Å²) in [5, 5.41) is 19.1. The van der Waals surface area contributed by atoms with E-state index in [0.29, 0.717) is 13.1 Å². The molecule has 0 atom stereocenters. The Kier molecular flexibility index (Phi) is 12.1. The quantitative estimate of drug-likeness (QED) is 0.193. The van der Waals surface area contributed by atoms with E-state index < -0.39 is 0 Å². The van der Waals surface area contributed by atoms with Gasteiger partial charge in [0, 0.05) is 36.1 Å². The van der Waals surface area contributed by atoms with Crippen LogP contribution in [0, 0.1) is 0 Å². The van der Waals surface area contributed by atoms with Crippen molar-refractivity contribution in [3.05, 3.63) is 89.5 Å². The van der Waals surface area contributed by atoms with Crippen molar-refractivity contribution < 1.29 is 15.0 Å². The Morgan fingerprint density at radius 2 is 0.871 bits per heavy atom. The molecular formula is C24H32N4O3. The maximum atomic E-state index is 8.15. The molecule has 0 spiro atoms. The van der Waals surface area contributed by atoms with Crippen LogP contribution in [0.4, 0.5) is 17.1 Å². The van der Waals surface area contributed by atoms with E-state index in [4.69, 9.17) is 32.2 Å². The first-order valence-electron chi connectivity index (χ1n) is 9.82. The number of nitrogens with two attached hydrogens (primary N) is 3. The molecule has 0 saturated heterocycles. The highest BCUT2D eigenvalue weighted by Crippen LogP contribution is 2.33. The predicted molar refractivity (Wildman–Crippen MR) is 128 cm³/mol. The summed E-state index contributed by atoms with van der Waals surface area (Å²) in [4.78, 5) is 8.00. The first-order valence-corrected chi connectivity index (χ1v) is 9.82. The fourth-order valence-corrected chi connectivity index (χ4v) is 2.93. The Labute approximate surface area is 183 Å². The molecule has 0 amide bonds. The lowest BCUT2D eigenvalue weighted by Gasteiger charge is -2.19. The van der Waals surface area contributed by atoms with Gasteiger partial charge in [0.1, 0.15) is 6.79 Å². The summed E-state index contributed by atoms with van der Waals surface area (Å²) >= 11 is 0. The van der Waals surface area contributed by atoms with Crippen LogP contribution < -0.4 is 22.5 Å². The highest BCUT2D eigenvalue weighted by molar-refractivity contribution is 5.51. The molecule has 7 nitrogen and oxygen atoms in total. The van der Waals surface area contributed by atoms with Gasteiger partial charge in [0.05, 0.1) is 13.2 Å². The van der Waals surface area contributed by atoms with Crippen molar-refractivity contribution >= 4 is 23.9 Å². The summed E-state index contributed by atoms with van der Waals surface area (Å²) in [5.41, 5.74) is 23.3. The molecule has 0 fully saturated rings. The Hall–Kier alpha value is -3.39. The second-order valence-corrected chi connectivity index (χ2v) is 6.63. The van der Waals surface area contributed by atoms with Gasteiger partial charge in [0.2, 0.25) is 0 Å². The maximum Gasteiger partial charge on any atom is 0.106 e. The summed E-state index contributed by atoms with van der Waals surface area (Å²) in [7, 11) is 0. The number of aliphatic hydroxyl groups excluding tert-OH is 2. The highest BCUT2D eigenvalue weighted by Gasteiger charge is 2.16. The van der Waals surface area contributed by atoms with Crippen LogP contribution in [0.1, 0.15) is 22.6 Å². The number of hydrogen-bond acceptors (Lipinski definition) is 7. The fourth-order valence-electron chi connectivity index (χ4n) is 2.93. The van der Waals surface area contributed by atoms with Crippen LogP contribution in [-0.2, 0) is 4.79 Å². The largest absolute Gasteiger partial charge is 0.399 e. The molecule has 166 valence electrons. The molecule has 31 heavy (non-hydrogen) atoms. The van der Waals surface area contributed by atoms with Crippen molar-refractivity contribution in [3.8, 4) is 0 Å². The molecular weight excluding hydrogens is 392 g/mol. The van der Waals surface area contributed by atoms with E-state index >= 15 is 0 Å². The van der Waals surface area contributed by atoms with Crippen molar-refractivity contribution in [2.24, 2.45) is 0 Å². The zero-order chi connectivity index (χ0) is 23.1. The number of carbonyl (C=O) groups is 1. The van der Waals surface area contributed by atoms with Gasteiger partial charge in [-0.1, -0.05) is 36.4 Å². The number of benzene rings is 3. The van der Waals surface area contributed by atoms with Crippen LogP contribution in [0.15, 0.2) is 72.8 Å². The number of nitrogens with one attached hydrogen (secondary N) is 1. The summed E-state index contributed by atoms with van der Waals surface area (Å²) in [6, 6.07) is 23.9. The van der Waals surface area contributed by atoms with Crippen LogP contribution in [0.3, 0.4) is 0 Å². The summed E-state index contributed by atoms with van der Waals surface area (Å²) in [6.07, 6.45) is 0. The molecule has 0 heterocycles. The van der Waals surface area contributed by atoms with Gasteiger partial charge in [-0.05, 0) is 53.1 Å². The van der Waals surface area contributed by atoms with Crippen LogP contribution in [0.5, 0.6) is 0 Å². The average Bonchev–Trinajstić information content (AvgIpc) is 2.80. The lowest BCUT2D eigenvalue weighted by molar-refractivity contribution is -0.0979. The van der Waals surface area contributed by atoms with Crippen LogP contribution in [0.25, 0.3) is 0 Å². The standard InChI is InChI=1S/C19H19N3.C4H11NO2.CH2O/c20-16-7-1-13(2-8-16)19(14-3-9-17(21)10-4-14)15-5-11-18(22)12-6-15;6-3-1-5-2-4-7;1-2/h1-12,19H,20-22H2;5-7H,1-4H2;1H2. The topological polar surface area (TPSA) is 148 Å². The summed E-state index contributed by atoms with van der Waals surface area (Å²) < 4.78 is 0. The molecule has 3 rings (SSSR count). The second kappa shape index (κ2) is 14.6. The number of nitrogen functional groups attached to an aromatic ring is 3. The molecule has 9 N–H and O–H groups in total. The minimum absolute atomic E-state index is 0.127. The van der Waals surface area contributed by atoms with Crippen LogP contribution in [0.2, 0.25) is 0 Å². The molecule has 0 aliphatic heterocycles. The number of anilines is 3.